The van der Waals surface area contributed by atoms with Crippen LogP contribution in [0.4, 0.5) is 0 Å². The van der Waals surface area contributed by atoms with Gasteiger partial charge in [0.25, 0.3) is 0 Å². The summed E-state index contributed by atoms with van der Waals surface area (Å²) in [5, 5.41) is 0.803. The average molecular weight is 331 g/mol. The van der Waals surface area contributed by atoms with Gasteiger partial charge in [-0.1, -0.05) is 41.9 Å². The van der Waals surface area contributed by atoms with Crippen molar-refractivity contribution in [3.63, 3.8) is 0 Å². The van der Waals surface area contributed by atoms with Gasteiger partial charge in [0.2, 0.25) is 0 Å². The first-order valence-corrected chi connectivity index (χ1v) is 8.54. The van der Waals surface area contributed by atoms with E-state index in [0.717, 1.165) is 56.6 Å². The number of ether oxygens (including phenoxy) is 1. The molecule has 2 aromatic rings. The summed E-state index contributed by atoms with van der Waals surface area (Å²) in [4.78, 5) is 4.97. The highest BCUT2D eigenvalue weighted by molar-refractivity contribution is 6.30. The van der Waals surface area contributed by atoms with Gasteiger partial charge in [-0.3, -0.25) is 9.80 Å². The van der Waals surface area contributed by atoms with Gasteiger partial charge < -0.3 is 4.74 Å². The minimum atomic E-state index is 0.751. The molecule has 0 aromatic heterocycles. The van der Waals surface area contributed by atoms with Crippen LogP contribution in [0.3, 0.4) is 0 Å². The zero-order valence-corrected chi connectivity index (χ0v) is 14.1. The van der Waals surface area contributed by atoms with Crippen LogP contribution in [0, 0.1) is 0 Å². The van der Waals surface area contributed by atoms with Crippen molar-refractivity contribution in [2.24, 2.45) is 0 Å². The molecule has 122 valence electrons. The standard InChI is InChI=1S/C19H23ClN2O/c20-18-8-6-17(7-9-18)16-22-12-10-21(11-13-22)14-15-23-19-4-2-1-3-5-19/h1-9H,10-16H2. The summed E-state index contributed by atoms with van der Waals surface area (Å²) in [7, 11) is 0. The Morgan fingerprint density at radius 1 is 0.826 bits per heavy atom. The fourth-order valence-corrected chi connectivity index (χ4v) is 2.95. The second-order valence-electron chi connectivity index (χ2n) is 5.91. The molecular weight excluding hydrogens is 308 g/mol. The molecule has 0 spiro atoms. The topological polar surface area (TPSA) is 15.7 Å². The molecule has 4 heteroatoms. The van der Waals surface area contributed by atoms with Crippen molar-refractivity contribution in [3.05, 3.63) is 65.2 Å². The lowest BCUT2D eigenvalue weighted by Crippen LogP contribution is -2.47. The first-order chi connectivity index (χ1) is 11.3. The maximum Gasteiger partial charge on any atom is 0.119 e. The summed E-state index contributed by atoms with van der Waals surface area (Å²) in [5.74, 6) is 0.953. The Balaban J connectivity index is 1.36. The van der Waals surface area contributed by atoms with Gasteiger partial charge in [0.05, 0.1) is 0 Å². The highest BCUT2D eigenvalue weighted by atomic mass is 35.5. The normalized spacial score (nSPS) is 16.4. The van der Waals surface area contributed by atoms with Crippen LogP contribution >= 0.6 is 11.6 Å². The average Bonchev–Trinajstić information content (AvgIpc) is 2.59. The minimum Gasteiger partial charge on any atom is -0.492 e. The maximum absolute atomic E-state index is 5.93. The molecule has 0 radical (unpaired) electrons. The van der Waals surface area contributed by atoms with E-state index in [9.17, 15) is 0 Å². The van der Waals surface area contributed by atoms with Crippen LogP contribution in [0.25, 0.3) is 0 Å². The van der Waals surface area contributed by atoms with E-state index in [1.54, 1.807) is 0 Å². The lowest BCUT2D eigenvalue weighted by Gasteiger charge is -2.34. The Kier molecular flexibility index (Phi) is 5.92. The first-order valence-electron chi connectivity index (χ1n) is 8.16. The van der Waals surface area contributed by atoms with Crippen LogP contribution in [0.1, 0.15) is 5.56 Å². The molecule has 0 bridgehead atoms. The van der Waals surface area contributed by atoms with E-state index in [1.165, 1.54) is 5.56 Å². The Hall–Kier alpha value is -1.55. The zero-order chi connectivity index (χ0) is 15.9. The van der Waals surface area contributed by atoms with Crippen molar-refractivity contribution in [3.8, 4) is 5.75 Å². The monoisotopic (exact) mass is 330 g/mol. The summed E-state index contributed by atoms with van der Waals surface area (Å²) in [6.07, 6.45) is 0. The van der Waals surface area contributed by atoms with Crippen molar-refractivity contribution in [1.29, 1.82) is 0 Å². The third kappa shape index (κ3) is 5.24. The molecule has 2 aromatic carbocycles. The van der Waals surface area contributed by atoms with Crippen molar-refractivity contribution in [2.75, 3.05) is 39.3 Å². The molecule has 0 N–H and O–H groups in total. The molecule has 1 heterocycles. The fourth-order valence-electron chi connectivity index (χ4n) is 2.83. The summed E-state index contributed by atoms with van der Waals surface area (Å²) in [5.41, 5.74) is 1.33. The van der Waals surface area contributed by atoms with Crippen LogP contribution in [-0.4, -0.2) is 49.1 Å². The Morgan fingerprint density at radius 2 is 1.48 bits per heavy atom. The fraction of sp³-hybridized carbons (Fsp3) is 0.368. The third-order valence-corrected chi connectivity index (χ3v) is 4.46. The van der Waals surface area contributed by atoms with Crippen LogP contribution < -0.4 is 4.74 Å². The SMILES string of the molecule is Clc1ccc(CN2CCN(CCOc3ccccc3)CC2)cc1. The second-order valence-corrected chi connectivity index (χ2v) is 6.34. The lowest BCUT2D eigenvalue weighted by molar-refractivity contribution is 0.112. The van der Waals surface area contributed by atoms with E-state index in [2.05, 4.69) is 21.9 Å². The number of rotatable bonds is 6. The molecule has 0 atom stereocenters. The Bertz CT molecular complexity index is 580. The molecule has 0 unspecified atom stereocenters. The molecule has 1 aliphatic rings. The highest BCUT2D eigenvalue weighted by Gasteiger charge is 2.16. The van der Waals surface area contributed by atoms with Gasteiger partial charge in [-0.25, -0.2) is 0 Å². The van der Waals surface area contributed by atoms with Gasteiger partial charge in [0.15, 0.2) is 0 Å². The number of halogens is 1. The van der Waals surface area contributed by atoms with Gasteiger partial charge >= 0.3 is 0 Å². The lowest BCUT2D eigenvalue weighted by atomic mass is 10.2. The van der Waals surface area contributed by atoms with E-state index in [0.29, 0.717) is 0 Å². The molecule has 3 rings (SSSR count). The van der Waals surface area contributed by atoms with E-state index >= 15 is 0 Å². The van der Waals surface area contributed by atoms with Crippen LogP contribution in [-0.2, 0) is 6.54 Å². The largest absolute Gasteiger partial charge is 0.492 e. The van der Waals surface area contributed by atoms with Gasteiger partial charge in [-0.15, -0.1) is 0 Å². The molecule has 3 nitrogen and oxygen atoms in total. The molecule has 1 aliphatic heterocycles. The van der Waals surface area contributed by atoms with Gasteiger partial charge in [-0.05, 0) is 29.8 Å². The number of nitrogens with zero attached hydrogens (tertiary/aromatic N) is 2. The first kappa shape index (κ1) is 16.3. The molecule has 0 aliphatic carbocycles. The number of hydrogen-bond acceptors (Lipinski definition) is 3. The van der Waals surface area contributed by atoms with Crippen molar-refractivity contribution in [1.82, 2.24) is 9.80 Å². The van der Waals surface area contributed by atoms with Crippen molar-refractivity contribution >= 4 is 11.6 Å². The minimum absolute atomic E-state index is 0.751. The van der Waals surface area contributed by atoms with Crippen LogP contribution in [0.2, 0.25) is 5.02 Å². The molecule has 23 heavy (non-hydrogen) atoms. The molecule has 1 saturated heterocycles. The predicted molar refractivity (Wildman–Crippen MR) is 95.1 cm³/mol. The number of hydrogen-bond donors (Lipinski definition) is 0. The zero-order valence-electron chi connectivity index (χ0n) is 13.3. The number of para-hydroxylation sites is 1. The van der Waals surface area contributed by atoms with Gasteiger partial charge in [0, 0.05) is 44.3 Å². The number of benzene rings is 2. The van der Waals surface area contributed by atoms with Crippen LogP contribution in [0.15, 0.2) is 54.6 Å². The molecular formula is C19H23ClN2O. The third-order valence-electron chi connectivity index (χ3n) is 4.20. The maximum atomic E-state index is 5.93. The second kappa shape index (κ2) is 8.34. The summed E-state index contributed by atoms with van der Waals surface area (Å²) in [6.45, 7) is 7.16. The van der Waals surface area contributed by atoms with Crippen LogP contribution in [0.5, 0.6) is 5.75 Å². The van der Waals surface area contributed by atoms with E-state index < -0.39 is 0 Å². The van der Waals surface area contributed by atoms with Gasteiger partial charge in [0.1, 0.15) is 12.4 Å². The highest BCUT2D eigenvalue weighted by Crippen LogP contribution is 2.13. The summed E-state index contributed by atoms with van der Waals surface area (Å²) < 4.78 is 5.77. The van der Waals surface area contributed by atoms with Crippen molar-refractivity contribution < 1.29 is 4.74 Å². The quantitative estimate of drug-likeness (QED) is 0.805. The van der Waals surface area contributed by atoms with Gasteiger partial charge in [-0.2, -0.15) is 0 Å². The summed E-state index contributed by atoms with van der Waals surface area (Å²) in [6, 6.07) is 18.2. The Labute approximate surface area is 143 Å². The molecule has 1 fully saturated rings. The molecule has 0 amide bonds. The smallest absolute Gasteiger partial charge is 0.119 e. The van der Waals surface area contributed by atoms with Crippen molar-refractivity contribution in [2.45, 2.75) is 6.54 Å². The predicted octanol–water partition coefficient (Wildman–Crippen LogP) is 3.54. The van der Waals surface area contributed by atoms with E-state index in [1.807, 2.05) is 42.5 Å². The summed E-state index contributed by atoms with van der Waals surface area (Å²) >= 11 is 5.93. The number of piperazine rings is 1. The Morgan fingerprint density at radius 3 is 2.17 bits per heavy atom. The molecule has 0 saturated carbocycles. The van der Waals surface area contributed by atoms with E-state index in [4.69, 9.17) is 16.3 Å². The van der Waals surface area contributed by atoms with E-state index in [-0.39, 0.29) is 0 Å².